The van der Waals surface area contributed by atoms with E-state index in [-0.39, 0.29) is 0 Å². The molecule has 7 heteroatoms. The minimum atomic E-state index is 0.488. The van der Waals surface area contributed by atoms with E-state index in [0.717, 1.165) is 29.4 Å². The zero-order chi connectivity index (χ0) is 19.1. The Kier molecular flexibility index (Phi) is 6.49. The molecule has 0 bridgehead atoms. The van der Waals surface area contributed by atoms with Gasteiger partial charge in [-0.2, -0.15) is 0 Å². The Morgan fingerprint density at radius 1 is 1.11 bits per heavy atom. The van der Waals surface area contributed by atoms with Crippen molar-refractivity contribution in [1.82, 2.24) is 14.8 Å². The molecule has 2 aromatic carbocycles. The average Bonchev–Trinajstić information content (AvgIpc) is 3.05. The first kappa shape index (κ1) is 19.0. The molecule has 140 valence electrons. The smallest absolute Gasteiger partial charge is 0.191 e. The number of hydrogen-bond donors (Lipinski definition) is 0. The highest BCUT2D eigenvalue weighted by Crippen LogP contribution is 2.28. The number of rotatable bonds is 9. The summed E-state index contributed by atoms with van der Waals surface area (Å²) in [6.07, 6.45) is 1.53. The molecule has 0 aliphatic rings. The van der Waals surface area contributed by atoms with Crippen LogP contribution in [0.5, 0.6) is 11.5 Å². The van der Waals surface area contributed by atoms with Crippen LogP contribution in [0.4, 0.5) is 0 Å². The molecule has 0 saturated heterocycles. The zero-order valence-electron chi connectivity index (χ0n) is 15.3. The van der Waals surface area contributed by atoms with Crippen molar-refractivity contribution in [3.63, 3.8) is 0 Å². The molecule has 1 heterocycles. The van der Waals surface area contributed by atoms with Crippen LogP contribution in [0.25, 0.3) is 0 Å². The third-order valence-electron chi connectivity index (χ3n) is 4.03. The second-order valence-electron chi connectivity index (χ2n) is 5.85. The van der Waals surface area contributed by atoms with Crippen molar-refractivity contribution in [2.45, 2.75) is 11.6 Å². The maximum atomic E-state index is 10.8. The van der Waals surface area contributed by atoms with Gasteiger partial charge in [0.2, 0.25) is 0 Å². The van der Waals surface area contributed by atoms with Crippen LogP contribution in [0, 0.1) is 0 Å². The standard InChI is InChI=1S/C20H21N3O3S/c1-23-19(13-15-6-4-3-5-7-15)21-22-20(23)27-11-10-26-17-9-8-16(14-24)12-18(17)25-2/h3-9,12,14H,10-11,13H2,1-2H3. The van der Waals surface area contributed by atoms with E-state index in [9.17, 15) is 4.79 Å². The van der Waals surface area contributed by atoms with Crippen molar-refractivity contribution in [1.29, 1.82) is 0 Å². The Bertz CT molecular complexity index is 897. The third kappa shape index (κ3) is 4.89. The summed E-state index contributed by atoms with van der Waals surface area (Å²) >= 11 is 1.59. The normalized spacial score (nSPS) is 10.6. The summed E-state index contributed by atoms with van der Waals surface area (Å²) in [5, 5.41) is 9.42. The lowest BCUT2D eigenvalue weighted by atomic mass is 10.1. The van der Waals surface area contributed by atoms with Gasteiger partial charge in [-0.1, -0.05) is 42.1 Å². The molecule has 0 aliphatic heterocycles. The molecule has 3 aromatic rings. The summed E-state index contributed by atoms with van der Waals surface area (Å²) in [7, 11) is 3.53. The molecule has 1 aromatic heterocycles. The highest BCUT2D eigenvalue weighted by atomic mass is 32.2. The Morgan fingerprint density at radius 2 is 1.93 bits per heavy atom. The van der Waals surface area contributed by atoms with E-state index in [1.165, 1.54) is 5.56 Å². The highest BCUT2D eigenvalue weighted by Gasteiger charge is 2.10. The van der Waals surface area contributed by atoms with E-state index < -0.39 is 0 Å². The Balaban J connectivity index is 1.53. The summed E-state index contributed by atoms with van der Waals surface area (Å²) in [5.74, 6) is 2.81. The Hall–Kier alpha value is -2.80. The van der Waals surface area contributed by atoms with Crippen LogP contribution in [0.3, 0.4) is 0 Å². The van der Waals surface area contributed by atoms with Crippen molar-refractivity contribution in [3.05, 3.63) is 65.5 Å². The monoisotopic (exact) mass is 383 g/mol. The first-order chi connectivity index (χ1) is 13.2. The number of methoxy groups -OCH3 is 1. The number of ether oxygens (including phenoxy) is 2. The lowest BCUT2D eigenvalue weighted by Crippen LogP contribution is -2.04. The molecule has 3 rings (SSSR count). The van der Waals surface area contributed by atoms with Crippen molar-refractivity contribution in [2.24, 2.45) is 7.05 Å². The van der Waals surface area contributed by atoms with Crippen molar-refractivity contribution in [3.8, 4) is 11.5 Å². The van der Waals surface area contributed by atoms with E-state index in [0.29, 0.717) is 23.7 Å². The minimum Gasteiger partial charge on any atom is -0.493 e. The van der Waals surface area contributed by atoms with Crippen molar-refractivity contribution < 1.29 is 14.3 Å². The quantitative estimate of drug-likeness (QED) is 0.321. The number of nitrogens with zero attached hydrogens (tertiary/aromatic N) is 3. The zero-order valence-corrected chi connectivity index (χ0v) is 16.1. The maximum Gasteiger partial charge on any atom is 0.191 e. The van der Waals surface area contributed by atoms with Gasteiger partial charge in [0.1, 0.15) is 12.1 Å². The van der Waals surface area contributed by atoms with Crippen LogP contribution in [0.1, 0.15) is 21.7 Å². The molecule has 0 unspecified atom stereocenters. The fourth-order valence-electron chi connectivity index (χ4n) is 2.56. The lowest BCUT2D eigenvalue weighted by Gasteiger charge is -2.10. The molecule has 0 spiro atoms. The lowest BCUT2D eigenvalue weighted by molar-refractivity contribution is 0.112. The number of thioether (sulfide) groups is 1. The molecule has 6 nitrogen and oxygen atoms in total. The van der Waals surface area contributed by atoms with Crippen molar-refractivity contribution >= 4 is 18.0 Å². The third-order valence-corrected chi connectivity index (χ3v) is 5.01. The van der Waals surface area contributed by atoms with Crippen LogP contribution in [0.15, 0.2) is 53.7 Å². The van der Waals surface area contributed by atoms with Crippen LogP contribution in [-0.2, 0) is 13.5 Å². The predicted molar refractivity (Wildman–Crippen MR) is 105 cm³/mol. The number of aldehydes is 1. The SMILES string of the molecule is COc1cc(C=O)ccc1OCCSc1nnc(Cc2ccccc2)n1C. The average molecular weight is 383 g/mol. The summed E-state index contributed by atoms with van der Waals surface area (Å²) in [6, 6.07) is 15.3. The van der Waals surface area contributed by atoms with Crippen LogP contribution in [-0.4, -0.2) is 40.5 Å². The first-order valence-corrected chi connectivity index (χ1v) is 9.51. The van der Waals surface area contributed by atoms with Gasteiger partial charge in [0, 0.05) is 24.8 Å². The molecule has 0 aliphatic carbocycles. The fraction of sp³-hybridized carbons (Fsp3) is 0.250. The Labute approximate surface area is 162 Å². The largest absolute Gasteiger partial charge is 0.493 e. The van der Waals surface area contributed by atoms with E-state index in [4.69, 9.17) is 9.47 Å². The molecule has 27 heavy (non-hydrogen) atoms. The molecule has 0 radical (unpaired) electrons. The number of hydrogen-bond acceptors (Lipinski definition) is 6. The van der Waals surface area contributed by atoms with Crippen LogP contribution in [0.2, 0.25) is 0 Å². The van der Waals surface area contributed by atoms with Gasteiger partial charge in [-0.05, 0) is 23.8 Å². The number of carbonyl (C=O) groups excluding carboxylic acids is 1. The summed E-state index contributed by atoms with van der Waals surface area (Å²) < 4.78 is 13.0. The topological polar surface area (TPSA) is 66.2 Å². The summed E-state index contributed by atoms with van der Waals surface area (Å²) in [6.45, 7) is 0.488. The Morgan fingerprint density at radius 3 is 2.67 bits per heavy atom. The second-order valence-corrected chi connectivity index (χ2v) is 6.91. The number of aromatic nitrogens is 3. The molecule has 0 saturated carbocycles. The molecule has 0 amide bonds. The van der Waals surface area contributed by atoms with E-state index in [1.807, 2.05) is 29.8 Å². The van der Waals surface area contributed by atoms with Gasteiger partial charge in [0.05, 0.1) is 13.7 Å². The van der Waals surface area contributed by atoms with Crippen molar-refractivity contribution in [2.75, 3.05) is 19.5 Å². The molecule has 0 N–H and O–H groups in total. The molecule has 0 atom stereocenters. The van der Waals surface area contributed by atoms with Gasteiger partial charge in [-0.15, -0.1) is 10.2 Å². The van der Waals surface area contributed by atoms with Crippen LogP contribution >= 0.6 is 11.8 Å². The highest BCUT2D eigenvalue weighted by molar-refractivity contribution is 7.99. The second kappa shape index (κ2) is 9.23. The van der Waals surface area contributed by atoms with E-state index in [1.54, 1.807) is 37.1 Å². The number of benzene rings is 2. The number of carbonyl (C=O) groups is 1. The van der Waals surface area contributed by atoms with E-state index >= 15 is 0 Å². The molecule has 0 fully saturated rings. The van der Waals surface area contributed by atoms with Gasteiger partial charge < -0.3 is 14.0 Å². The fourth-order valence-corrected chi connectivity index (χ4v) is 3.31. The van der Waals surface area contributed by atoms with Gasteiger partial charge >= 0.3 is 0 Å². The van der Waals surface area contributed by atoms with Crippen LogP contribution < -0.4 is 9.47 Å². The molecular formula is C20H21N3O3S. The summed E-state index contributed by atoms with van der Waals surface area (Å²) in [4.78, 5) is 10.8. The van der Waals surface area contributed by atoms with E-state index in [2.05, 4.69) is 22.3 Å². The maximum absolute atomic E-state index is 10.8. The summed E-state index contributed by atoms with van der Waals surface area (Å²) in [5.41, 5.74) is 1.76. The van der Waals surface area contributed by atoms with Gasteiger partial charge in [-0.25, -0.2) is 0 Å². The van der Waals surface area contributed by atoms with Gasteiger partial charge in [0.25, 0.3) is 0 Å². The molecular weight excluding hydrogens is 362 g/mol. The minimum absolute atomic E-state index is 0.488. The van der Waals surface area contributed by atoms with Gasteiger partial charge in [0.15, 0.2) is 16.7 Å². The first-order valence-electron chi connectivity index (χ1n) is 8.52. The van der Waals surface area contributed by atoms with Gasteiger partial charge in [-0.3, -0.25) is 4.79 Å². The predicted octanol–water partition coefficient (Wildman–Crippen LogP) is 3.40.